The van der Waals surface area contributed by atoms with Gasteiger partial charge in [-0.1, -0.05) is 48.9 Å². The Morgan fingerprint density at radius 3 is 2.64 bits per heavy atom. The summed E-state index contributed by atoms with van der Waals surface area (Å²) >= 11 is 0. The maximum absolute atomic E-state index is 10.5. The molecule has 1 unspecified atom stereocenters. The van der Waals surface area contributed by atoms with E-state index in [4.69, 9.17) is 5.11 Å². The number of hydrogen-bond donors (Lipinski definition) is 2. The summed E-state index contributed by atoms with van der Waals surface area (Å²) in [7, 11) is 0. The number of nitrogens with zero attached hydrogens (tertiary/aromatic N) is 1. The second-order valence-corrected chi connectivity index (χ2v) is 8.26. The van der Waals surface area contributed by atoms with Crippen molar-refractivity contribution in [2.24, 2.45) is 16.8 Å². The summed E-state index contributed by atoms with van der Waals surface area (Å²) in [4.78, 5) is 14.9. The number of rotatable bonds is 10. The fourth-order valence-corrected chi connectivity index (χ4v) is 4.31. The number of hydrogen-bond acceptors (Lipinski definition) is 3. The number of carbonyl (C=O) groups is 1. The first-order valence-corrected chi connectivity index (χ1v) is 10.9. The summed E-state index contributed by atoms with van der Waals surface area (Å²) in [5.41, 5.74) is 2.89. The van der Waals surface area contributed by atoms with Crippen molar-refractivity contribution in [3.63, 3.8) is 0 Å². The smallest absolute Gasteiger partial charge is 0.303 e. The fourth-order valence-electron chi connectivity index (χ4n) is 4.31. The van der Waals surface area contributed by atoms with Crippen LogP contribution in [0.2, 0.25) is 0 Å². The van der Waals surface area contributed by atoms with Gasteiger partial charge < -0.3 is 10.4 Å². The molecule has 2 N–H and O–H groups in total. The first-order valence-electron chi connectivity index (χ1n) is 10.9. The van der Waals surface area contributed by atoms with Crippen LogP contribution < -0.4 is 5.32 Å². The molecular formula is C24H34N2O2. The first-order chi connectivity index (χ1) is 13.7. The Morgan fingerprint density at radius 2 is 1.96 bits per heavy atom. The van der Waals surface area contributed by atoms with E-state index in [0.717, 1.165) is 6.42 Å². The van der Waals surface area contributed by atoms with E-state index < -0.39 is 5.97 Å². The molecule has 2 aliphatic carbocycles. The molecule has 0 saturated heterocycles. The van der Waals surface area contributed by atoms with Gasteiger partial charge in [-0.2, -0.15) is 0 Å². The zero-order valence-corrected chi connectivity index (χ0v) is 17.0. The van der Waals surface area contributed by atoms with Crippen LogP contribution >= 0.6 is 0 Å². The number of carboxylic acid groups (broad SMARTS) is 1. The highest BCUT2D eigenvalue weighted by Crippen LogP contribution is 2.41. The average molecular weight is 383 g/mol. The van der Waals surface area contributed by atoms with Gasteiger partial charge >= 0.3 is 5.97 Å². The van der Waals surface area contributed by atoms with E-state index in [1.54, 1.807) is 5.57 Å². The summed E-state index contributed by atoms with van der Waals surface area (Å²) in [6.07, 6.45) is 12.5. The molecule has 2 aliphatic rings. The average Bonchev–Trinajstić information content (AvgIpc) is 3.46. The van der Waals surface area contributed by atoms with Crippen molar-refractivity contribution in [2.45, 2.75) is 70.4 Å². The Balaban J connectivity index is 1.37. The van der Waals surface area contributed by atoms with E-state index in [9.17, 15) is 4.79 Å². The quantitative estimate of drug-likeness (QED) is 0.444. The molecule has 0 radical (unpaired) electrons. The summed E-state index contributed by atoms with van der Waals surface area (Å²) < 4.78 is 0. The van der Waals surface area contributed by atoms with Crippen LogP contribution in [0.3, 0.4) is 0 Å². The zero-order chi connectivity index (χ0) is 19.8. The molecule has 0 bridgehead atoms. The van der Waals surface area contributed by atoms with E-state index in [-0.39, 0.29) is 6.42 Å². The van der Waals surface area contributed by atoms with Gasteiger partial charge in [-0.15, -0.1) is 0 Å². The largest absolute Gasteiger partial charge is 0.481 e. The van der Waals surface area contributed by atoms with Crippen LogP contribution in [0.4, 0.5) is 0 Å². The van der Waals surface area contributed by atoms with Gasteiger partial charge in [-0.05, 0) is 62.3 Å². The third-order valence-corrected chi connectivity index (χ3v) is 6.04. The predicted molar refractivity (Wildman–Crippen MR) is 116 cm³/mol. The minimum absolute atomic E-state index is 0.217. The summed E-state index contributed by atoms with van der Waals surface area (Å²) in [5.74, 6) is 0.547. The Hall–Kier alpha value is -1.94. The summed E-state index contributed by atoms with van der Waals surface area (Å²) in [5, 5.41) is 12.6. The summed E-state index contributed by atoms with van der Waals surface area (Å²) in [6.45, 7) is 2.91. The van der Waals surface area contributed by atoms with Gasteiger partial charge in [-0.25, -0.2) is 0 Å². The van der Waals surface area contributed by atoms with Crippen LogP contribution in [0, 0.1) is 11.8 Å². The van der Waals surface area contributed by atoms with E-state index in [0.29, 0.717) is 36.9 Å². The van der Waals surface area contributed by atoms with Crippen LogP contribution in [0.1, 0.15) is 63.9 Å². The normalized spacial score (nSPS) is 27.8. The molecule has 0 heterocycles. The van der Waals surface area contributed by atoms with Crippen LogP contribution in [-0.4, -0.2) is 35.9 Å². The molecule has 0 amide bonds. The monoisotopic (exact) mass is 382 g/mol. The van der Waals surface area contributed by atoms with Crippen molar-refractivity contribution in [3.8, 4) is 0 Å². The third-order valence-electron chi connectivity index (χ3n) is 6.04. The highest BCUT2D eigenvalue weighted by molar-refractivity contribution is 5.66. The lowest BCUT2D eigenvalue weighted by Gasteiger charge is -2.27. The van der Waals surface area contributed by atoms with Crippen molar-refractivity contribution in [2.75, 3.05) is 6.54 Å². The second kappa shape index (κ2) is 10.6. The van der Waals surface area contributed by atoms with Gasteiger partial charge in [0.05, 0.1) is 0 Å². The third kappa shape index (κ3) is 6.59. The molecule has 2 atom stereocenters. The highest BCUT2D eigenvalue weighted by Gasteiger charge is 2.40. The molecule has 28 heavy (non-hydrogen) atoms. The Morgan fingerprint density at radius 1 is 1.21 bits per heavy atom. The van der Waals surface area contributed by atoms with Crippen molar-refractivity contribution >= 4 is 18.3 Å². The van der Waals surface area contributed by atoms with Crippen LogP contribution in [0.15, 0.2) is 40.9 Å². The van der Waals surface area contributed by atoms with Crippen LogP contribution in [-0.2, 0) is 4.79 Å². The van der Waals surface area contributed by atoms with Crippen molar-refractivity contribution in [1.82, 2.24) is 5.32 Å². The van der Waals surface area contributed by atoms with Gasteiger partial charge in [0.25, 0.3) is 0 Å². The van der Waals surface area contributed by atoms with E-state index >= 15 is 0 Å². The van der Waals surface area contributed by atoms with Gasteiger partial charge in [-0.3, -0.25) is 9.79 Å². The van der Waals surface area contributed by atoms with Crippen molar-refractivity contribution in [3.05, 3.63) is 41.5 Å². The number of aliphatic carboxylic acids is 1. The van der Waals surface area contributed by atoms with E-state index in [1.165, 1.54) is 37.7 Å². The van der Waals surface area contributed by atoms with Gasteiger partial charge in [0.2, 0.25) is 0 Å². The lowest BCUT2D eigenvalue weighted by atomic mass is 9.86. The van der Waals surface area contributed by atoms with Gasteiger partial charge in [0, 0.05) is 31.3 Å². The zero-order valence-electron chi connectivity index (χ0n) is 17.0. The molecule has 3 rings (SSSR count). The van der Waals surface area contributed by atoms with Gasteiger partial charge in [0.1, 0.15) is 0 Å². The molecule has 2 saturated carbocycles. The topological polar surface area (TPSA) is 61.7 Å². The second-order valence-electron chi connectivity index (χ2n) is 8.26. The fraction of sp³-hybridized carbons (Fsp3) is 0.583. The molecule has 0 aromatic heterocycles. The Labute approximate surface area is 169 Å². The van der Waals surface area contributed by atoms with Crippen molar-refractivity contribution in [1.29, 1.82) is 0 Å². The van der Waals surface area contributed by atoms with Crippen LogP contribution in [0.5, 0.6) is 0 Å². The lowest BCUT2D eigenvalue weighted by Crippen LogP contribution is -2.35. The number of benzene rings is 1. The molecule has 152 valence electrons. The Bertz CT molecular complexity index is 675. The first kappa shape index (κ1) is 20.8. The minimum Gasteiger partial charge on any atom is -0.481 e. The van der Waals surface area contributed by atoms with Crippen molar-refractivity contribution < 1.29 is 9.90 Å². The minimum atomic E-state index is -0.731. The van der Waals surface area contributed by atoms with E-state index in [1.807, 2.05) is 0 Å². The molecule has 2 fully saturated rings. The predicted octanol–water partition coefficient (Wildman–Crippen LogP) is 4.95. The van der Waals surface area contributed by atoms with Crippen LogP contribution in [0.25, 0.3) is 6.08 Å². The molecule has 4 nitrogen and oxygen atoms in total. The van der Waals surface area contributed by atoms with E-state index in [2.05, 4.69) is 59.9 Å². The molecule has 0 spiro atoms. The molecule has 1 aromatic rings. The molecule has 4 heteroatoms. The Kier molecular flexibility index (Phi) is 7.84. The summed E-state index contributed by atoms with van der Waals surface area (Å²) in [6, 6.07) is 11.9. The number of aliphatic imine (C=N–C) groups is 1. The standard InChI is InChI=1S/C24H34N2O2/c1-2-20(15-18-7-4-3-5-8-18)22-16-23(22)26-21-12-10-19(11-13-21)17-25-14-6-9-24(27)28/h3-5,7-8,15,17,19,21-23,26H,2,6,9-14,16H2,1H3,(H,27,28)/b20-15+,25-17?/t19?,21?,22-,23?/m0/s1. The maximum Gasteiger partial charge on any atom is 0.303 e. The highest BCUT2D eigenvalue weighted by atomic mass is 16.4. The maximum atomic E-state index is 10.5. The lowest BCUT2D eigenvalue weighted by molar-refractivity contribution is -0.137. The SMILES string of the molecule is CC/C(=C\c1ccccc1)[C@@H]1CC1NC1CCC(C=NCCCC(=O)O)CC1. The molecule has 0 aliphatic heterocycles. The molecular weight excluding hydrogens is 348 g/mol. The number of carboxylic acids is 1. The molecule has 1 aromatic carbocycles. The van der Waals surface area contributed by atoms with Gasteiger partial charge in [0.15, 0.2) is 0 Å². The number of nitrogens with one attached hydrogen (secondary N) is 1.